The van der Waals surface area contributed by atoms with Gasteiger partial charge < -0.3 is 15.0 Å². The second-order valence-electron chi connectivity index (χ2n) is 3.90. The minimum atomic E-state index is -0.0794. The van der Waals surface area contributed by atoms with Gasteiger partial charge in [-0.2, -0.15) is 0 Å². The highest BCUT2D eigenvalue weighted by atomic mass is 16.5. The molecule has 2 heterocycles. The van der Waals surface area contributed by atoms with Crippen molar-refractivity contribution in [3.63, 3.8) is 0 Å². The zero-order chi connectivity index (χ0) is 9.31. The maximum absolute atomic E-state index is 11.1. The molecule has 1 amide bonds. The van der Waals surface area contributed by atoms with Crippen LogP contribution in [0.1, 0.15) is 13.3 Å². The van der Waals surface area contributed by atoms with E-state index in [0.29, 0.717) is 0 Å². The summed E-state index contributed by atoms with van der Waals surface area (Å²) in [4.78, 5) is 13.0. The fourth-order valence-corrected chi connectivity index (χ4v) is 2.08. The van der Waals surface area contributed by atoms with Crippen LogP contribution in [0.2, 0.25) is 0 Å². The minimum Gasteiger partial charge on any atom is -0.370 e. The van der Waals surface area contributed by atoms with Crippen LogP contribution >= 0.6 is 0 Å². The van der Waals surface area contributed by atoms with Crippen molar-refractivity contribution in [1.82, 2.24) is 10.2 Å². The number of rotatable bonds is 0. The van der Waals surface area contributed by atoms with Gasteiger partial charge in [0.15, 0.2) is 0 Å². The Bertz CT molecular complexity index is 212. The number of nitrogens with one attached hydrogen (secondary N) is 1. The lowest BCUT2D eigenvalue weighted by atomic mass is 10.0. The molecule has 0 radical (unpaired) electrons. The molecular weight excluding hydrogens is 168 g/mol. The summed E-state index contributed by atoms with van der Waals surface area (Å²) in [5.74, 6) is 0.158. The summed E-state index contributed by atoms with van der Waals surface area (Å²) in [6.07, 6.45) is 0.972. The molecule has 1 N–H and O–H groups in total. The van der Waals surface area contributed by atoms with Crippen molar-refractivity contribution in [3.05, 3.63) is 0 Å². The van der Waals surface area contributed by atoms with Gasteiger partial charge >= 0.3 is 0 Å². The molecule has 2 saturated heterocycles. The van der Waals surface area contributed by atoms with Crippen LogP contribution in [-0.4, -0.2) is 49.2 Å². The quantitative estimate of drug-likeness (QED) is 0.557. The summed E-state index contributed by atoms with van der Waals surface area (Å²) in [7, 11) is 0. The number of likely N-dealkylation sites (tertiary alicyclic amines) is 1. The third kappa shape index (κ3) is 1.69. The molecule has 13 heavy (non-hydrogen) atoms. The van der Waals surface area contributed by atoms with Crippen molar-refractivity contribution >= 4 is 5.91 Å². The zero-order valence-electron chi connectivity index (χ0n) is 8.01. The van der Waals surface area contributed by atoms with Crippen LogP contribution < -0.4 is 5.32 Å². The predicted octanol–water partition coefficient (Wildman–Crippen LogP) is -0.403. The third-order valence-electron chi connectivity index (χ3n) is 2.90. The first-order chi connectivity index (χ1) is 6.22. The van der Waals surface area contributed by atoms with Crippen molar-refractivity contribution in [2.45, 2.75) is 18.9 Å². The summed E-state index contributed by atoms with van der Waals surface area (Å²) in [5.41, 5.74) is -0.0794. The van der Waals surface area contributed by atoms with E-state index < -0.39 is 0 Å². The fraction of sp³-hybridized carbons (Fsp3) is 0.889. The van der Waals surface area contributed by atoms with Gasteiger partial charge in [-0.05, 0) is 6.42 Å². The lowest BCUT2D eigenvalue weighted by Gasteiger charge is -2.33. The number of hydrogen-bond acceptors (Lipinski definition) is 3. The minimum absolute atomic E-state index is 0.0794. The number of morpholine rings is 1. The Morgan fingerprint density at radius 2 is 2.46 bits per heavy atom. The Labute approximate surface area is 78.2 Å². The molecule has 2 fully saturated rings. The summed E-state index contributed by atoms with van der Waals surface area (Å²) in [5, 5.41) is 3.31. The summed E-state index contributed by atoms with van der Waals surface area (Å²) in [6.45, 7) is 5.81. The average Bonchev–Trinajstić information content (AvgIpc) is 2.51. The highest BCUT2D eigenvalue weighted by molar-refractivity contribution is 5.73. The Morgan fingerprint density at radius 1 is 1.62 bits per heavy atom. The van der Waals surface area contributed by atoms with E-state index in [1.807, 2.05) is 4.90 Å². The molecule has 2 aliphatic rings. The molecule has 0 aromatic heterocycles. The van der Waals surface area contributed by atoms with Crippen molar-refractivity contribution in [1.29, 1.82) is 0 Å². The van der Waals surface area contributed by atoms with Gasteiger partial charge in [0.25, 0.3) is 0 Å². The molecule has 0 aromatic rings. The lowest BCUT2D eigenvalue weighted by Crippen LogP contribution is -2.51. The van der Waals surface area contributed by atoms with E-state index in [1.54, 1.807) is 6.92 Å². The first-order valence-electron chi connectivity index (χ1n) is 4.82. The molecule has 0 aromatic carbocycles. The second-order valence-corrected chi connectivity index (χ2v) is 3.90. The van der Waals surface area contributed by atoms with E-state index in [2.05, 4.69) is 5.32 Å². The van der Waals surface area contributed by atoms with Gasteiger partial charge in [0.05, 0.1) is 18.8 Å². The molecule has 4 heteroatoms. The average molecular weight is 184 g/mol. The van der Waals surface area contributed by atoms with E-state index in [0.717, 1.165) is 39.2 Å². The smallest absolute Gasteiger partial charge is 0.219 e. The van der Waals surface area contributed by atoms with Gasteiger partial charge in [-0.1, -0.05) is 0 Å². The van der Waals surface area contributed by atoms with Crippen molar-refractivity contribution in [2.75, 3.05) is 32.8 Å². The maximum atomic E-state index is 11.1. The van der Waals surface area contributed by atoms with Crippen LogP contribution in [0.5, 0.6) is 0 Å². The van der Waals surface area contributed by atoms with E-state index in [-0.39, 0.29) is 11.5 Å². The SMILES string of the molecule is CC(=O)N1CCC2(CNCCO2)C1. The predicted molar refractivity (Wildman–Crippen MR) is 48.4 cm³/mol. The maximum Gasteiger partial charge on any atom is 0.219 e. The van der Waals surface area contributed by atoms with E-state index >= 15 is 0 Å². The van der Waals surface area contributed by atoms with Crippen LogP contribution in [0.25, 0.3) is 0 Å². The van der Waals surface area contributed by atoms with Crippen LogP contribution in [0.3, 0.4) is 0 Å². The molecule has 0 bridgehead atoms. The van der Waals surface area contributed by atoms with Crippen LogP contribution in [0.15, 0.2) is 0 Å². The first-order valence-corrected chi connectivity index (χ1v) is 4.82. The Kier molecular flexibility index (Phi) is 2.26. The lowest BCUT2D eigenvalue weighted by molar-refractivity contribution is -0.129. The Hall–Kier alpha value is -0.610. The molecule has 2 rings (SSSR count). The summed E-state index contributed by atoms with van der Waals surface area (Å²) in [6, 6.07) is 0. The summed E-state index contributed by atoms with van der Waals surface area (Å²) >= 11 is 0. The van der Waals surface area contributed by atoms with Crippen LogP contribution in [0, 0.1) is 0 Å². The van der Waals surface area contributed by atoms with E-state index in [1.165, 1.54) is 0 Å². The van der Waals surface area contributed by atoms with Gasteiger partial charge in [0, 0.05) is 26.6 Å². The van der Waals surface area contributed by atoms with Crippen molar-refractivity contribution in [3.8, 4) is 0 Å². The summed E-state index contributed by atoms with van der Waals surface area (Å²) < 4.78 is 5.75. The van der Waals surface area contributed by atoms with Gasteiger partial charge in [-0.15, -0.1) is 0 Å². The Balaban J connectivity index is 1.98. The van der Waals surface area contributed by atoms with Crippen molar-refractivity contribution < 1.29 is 9.53 Å². The molecule has 1 unspecified atom stereocenters. The van der Waals surface area contributed by atoms with E-state index in [9.17, 15) is 4.79 Å². The molecule has 1 spiro atoms. The normalized spacial score (nSPS) is 34.1. The van der Waals surface area contributed by atoms with Gasteiger partial charge in [-0.25, -0.2) is 0 Å². The van der Waals surface area contributed by atoms with Gasteiger partial charge in [0.1, 0.15) is 0 Å². The molecule has 74 valence electrons. The number of carbonyl (C=O) groups excluding carboxylic acids is 1. The topological polar surface area (TPSA) is 41.6 Å². The molecule has 1 atom stereocenters. The number of ether oxygens (including phenoxy) is 1. The molecular formula is C9H16N2O2. The zero-order valence-corrected chi connectivity index (χ0v) is 8.01. The highest BCUT2D eigenvalue weighted by Crippen LogP contribution is 2.26. The van der Waals surface area contributed by atoms with Crippen molar-refractivity contribution in [2.24, 2.45) is 0 Å². The van der Waals surface area contributed by atoms with E-state index in [4.69, 9.17) is 4.74 Å². The van der Waals surface area contributed by atoms with Crippen LogP contribution in [-0.2, 0) is 9.53 Å². The van der Waals surface area contributed by atoms with Gasteiger partial charge in [-0.3, -0.25) is 4.79 Å². The molecule has 4 nitrogen and oxygen atoms in total. The number of hydrogen-bond donors (Lipinski definition) is 1. The third-order valence-corrected chi connectivity index (χ3v) is 2.90. The highest BCUT2D eigenvalue weighted by Gasteiger charge is 2.41. The molecule has 0 aliphatic carbocycles. The van der Waals surface area contributed by atoms with Crippen LogP contribution in [0.4, 0.5) is 0 Å². The number of nitrogens with zero attached hydrogens (tertiary/aromatic N) is 1. The second kappa shape index (κ2) is 3.27. The monoisotopic (exact) mass is 184 g/mol. The standard InChI is InChI=1S/C9H16N2O2/c1-8(12)11-4-2-9(7-11)6-10-3-5-13-9/h10H,2-7H2,1H3. The van der Waals surface area contributed by atoms with Gasteiger partial charge in [0.2, 0.25) is 5.91 Å². The Morgan fingerprint density at radius 3 is 3.00 bits per heavy atom. The molecule has 2 aliphatic heterocycles. The largest absolute Gasteiger partial charge is 0.370 e. The number of amides is 1. The molecule has 0 saturated carbocycles. The number of carbonyl (C=O) groups is 1. The fourth-order valence-electron chi connectivity index (χ4n) is 2.08. The first kappa shape index (κ1) is 8.97.